The van der Waals surface area contributed by atoms with Gasteiger partial charge in [-0.1, -0.05) is 24.3 Å². The number of aromatic nitrogens is 2. The van der Waals surface area contributed by atoms with Crippen molar-refractivity contribution < 1.29 is 0 Å². The Morgan fingerprint density at radius 1 is 0.731 bits per heavy atom. The van der Waals surface area contributed by atoms with Crippen molar-refractivity contribution in [1.82, 2.24) is 9.97 Å². The summed E-state index contributed by atoms with van der Waals surface area (Å²) in [5, 5.41) is 2.33. The molecule has 0 saturated carbocycles. The van der Waals surface area contributed by atoms with Gasteiger partial charge in [-0.15, -0.1) is 0 Å². The summed E-state index contributed by atoms with van der Waals surface area (Å²) >= 11 is 0. The molecule has 3 heteroatoms. The zero-order valence-corrected chi connectivity index (χ0v) is 14.9. The Labute approximate surface area is 153 Å². The van der Waals surface area contributed by atoms with Crippen LogP contribution in [0.3, 0.4) is 0 Å². The summed E-state index contributed by atoms with van der Waals surface area (Å²) in [7, 11) is 0. The zero-order chi connectivity index (χ0) is 17.5. The van der Waals surface area contributed by atoms with Gasteiger partial charge >= 0.3 is 0 Å². The van der Waals surface area contributed by atoms with E-state index in [-0.39, 0.29) is 0 Å². The fourth-order valence-corrected chi connectivity index (χ4v) is 4.04. The van der Waals surface area contributed by atoms with Crippen LogP contribution in [0.4, 0.5) is 5.69 Å². The summed E-state index contributed by atoms with van der Waals surface area (Å²) in [5.41, 5.74) is 6.97. The lowest BCUT2D eigenvalue weighted by atomic mass is 9.98. The Morgan fingerprint density at radius 2 is 1.38 bits per heavy atom. The minimum atomic E-state index is 0.979. The highest BCUT2D eigenvalue weighted by molar-refractivity contribution is 6.08. The first-order valence-electron chi connectivity index (χ1n) is 9.30. The van der Waals surface area contributed by atoms with Crippen molar-refractivity contribution in [3.05, 3.63) is 66.5 Å². The second-order valence-electron chi connectivity index (χ2n) is 7.09. The van der Waals surface area contributed by atoms with Gasteiger partial charge in [0.2, 0.25) is 0 Å². The Balaban J connectivity index is 1.65. The summed E-state index contributed by atoms with van der Waals surface area (Å²) in [6.07, 6.45) is 6.37. The van der Waals surface area contributed by atoms with Crippen LogP contribution >= 0.6 is 0 Å². The van der Waals surface area contributed by atoms with E-state index in [9.17, 15) is 0 Å². The van der Waals surface area contributed by atoms with Gasteiger partial charge in [0.15, 0.2) is 0 Å². The number of fused-ring (bicyclic) bond motifs is 3. The molecular weight excluding hydrogens is 318 g/mol. The van der Waals surface area contributed by atoms with E-state index in [4.69, 9.17) is 0 Å². The molecule has 1 aliphatic rings. The molecule has 0 radical (unpaired) electrons. The molecule has 1 saturated heterocycles. The van der Waals surface area contributed by atoms with E-state index in [2.05, 4.69) is 70.3 Å². The van der Waals surface area contributed by atoms with Crippen molar-refractivity contribution in [2.45, 2.75) is 19.8 Å². The maximum Gasteiger partial charge on any atom is 0.0970 e. The van der Waals surface area contributed by atoms with Gasteiger partial charge in [-0.2, -0.15) is 0 Å². The lowest BCUT2D eigenvalue weighted by Crippen LogP contribution is -2.17. The van der Waals surface area contributed by atoms with Crippen molar-refractivity contribution in [2.24, 2.45) is 0 Å². The summed E-state index contributed by atoms with van der Waals surface area (Å²) in [4.78, 5) is 11.7. The highest BCUT2D eigenvalue weighted by atomic mass is 15.1. The molecule has 2 aromatic heterocycles. The standard InChI is InChI=1S/C23H21N3/c1-16-10-12-24-22-19(16)8-9-21-20(11-13-25-23(21)22)17-4-6-18(7-5-17)26-14-2-3-15-26/h4-13H,2-3,14-15H2,1H3. The Bertz CT molecular complexity index is 1090. The average Bonchev–Trinajstić information content (AvgIpc) is 3.23. The van der Waals surface area contributed by atoms with E-state index < -0.39 is 0 Å². The van der Waals surface area contributed by atoms with Gasteiger partial charge in [0.25, 0.3) is 0 Å². The monoisotopic (exact) mass is 339 g/mol. The topological polar surface area (TPSA) is 29.0 Å². The van der Waals surface area contributed by atoms with Gasteiger partial charge in [-0.3, -0.25) is 9.97 Å². The molecule has 3 nitrogen and oxygen atoms in total. The number of nitrogens with zero attached hydrogens (tertiary/aromatic N) is 3. The third-order valence-corrected chi connectivity index (χ3v) is 5.49. The highest BCUT2D eigenvalue weighted by Gasteiger charge is 2.13. The van der Waals surface area contributed by atoms with Crippen LogP contribution in [-0.2, 0) is 0 Å². The zero-order valence-electron chi connectivity index (χ0n) is 14.9. The lowest BCUT2D eigenvalue weighted by Gasteiger charge is -2.18. The van der Waals surface area contributed by atoms with Gasteiger partial charge in [0.1, 0.15) is 0 Å². The molecular formula is C23H21N3. The van der Waals surface area contributed by atoms with Gasteiger partial charge in [-0.25, -0.2) is 0 Å². The Hall–Kier alpha value is -2.94. The second-order valence-corrected chi connectivity index (χ2v) is 7.09. The fraction of sp³-hybridized carbons (Fsp3) is 0.217. The molecule has 2 aromatic carbocycles. The van der Waals surface area contributed by atoms with Crippen LogP contribution in [0, 0.1) is 6.92 Å². The SMILES string of the molecule is Cc1ccnc2c1ccc1c(-c3ccc(N4CCCC4)cc3)ccnc12. The first-order chi connectivity index (χ1) is 12.8. The lowest BCUT2D eigenvalue weighted by molar-refractivity contribution is 0.949. The molecule has 1 fully saturated rings. The van der Waals surface area contributed by atoms with E-state index in [0.717, 1.165) is 16.4 Å². The van der Waals surface area contributed by atoms with Crippen LogP contribution in [0.25, 0.3) is 32.9 Å². The molecule has 5 rings (SSSR count). The van der Waals surface area contributed by atoms with Crippen molar-refractivity contribution in [3.8, 4) is 11.1 Å². The largest absolute Gasteiger partial charge is 0.372 e. The van der Waals surface area contributed by atoms with Crippen molar-refractivity contribution in [3.63, 3.8) is 0 Å². The first-order valence-corrected chi connectivity index (χ1v) is 9.30. The maximum atomic E-state index is 4.65. The minimum Gasteiger partial charge on any atom is -0.372 e. The van der Waals surface area contributed by atoms with Gasteiger partial charge in [0.05, 0.1) is 11.0 Å². The van der Waals surface area contributed by atoms with Gasteiger partial charge in [-0.05, 0) is 60.7 Å². The van der Waals surface area contributed by atoms with E-state index in [1.54, 1.807) is 0 Å². The third-order valence-electron chi connectivity index (χ3n) is 5.49. The third kappa shape index (κ3) is 2.43. The highest BCUT2D eigenvalue weighted by Crippen LogP contribution is 2.33. The smallest absolute Gasteiger partial charge is 0.0970 e. The van der Waals surface area contributed by atoms with Crippen molar-refractivity contribution in [2.75, 3.05) is 18.0 Å². The number of benzene rings is 2. The quantitative estimate of drug-likeness (QED) is 0.460. The summed E-state index contributed by atoms with van der Waals surface area (Å²) in [6.45, 7) is 4.47. The number of anilines is 1. The molecule has 0 unspecified atom stereocenters. The molecule has 3 heterocycles. The summed E-state index contributed by atoms with van der Waals surface area (Å²) in [5.74, 6) is 0. The van der Waals surface area contributed by atoms with Crippen LogP contribution < -0.4 is 4.90 Å². The van der Waals surface area contributed by atoms with Crippen LogP contribution in [0.15, 0.2) is 60.9 Å². The molecule has 0 atom stereocenters. The van der Waals surface area contributed by atoms with Gasteiger partial charge < -0.3 is 4.90 Å². The van der Waals surface area contributed by atoms with E-state index in [0.29, 0.717) is 0 Å². The normalized spacial score (nSPS) is 14.4. The number of pyridine rings is 2. The predicted molar refractivity (Wildman–Crippen MR) is 109 cm³/mol. The van der Waals surface area contributed by atoms with E-state index in [1.165, 1.54) is 53.7 Å². The van der Waals surface area contributed by atoms with Crippen LogP contribution in [0.5, 0.6) is 0 Å². The Kier molecular flexibility index (Phi) is 3.59. The molecule has 0 amide bonds. The Morgan fingerprint density at radius 3 is 2.15 bits per heavy atom. The summed E-state index contributed by atoms with van der Waals surface area (Å²) < 4.78 is 0. The second kappa shape index (κ2) is 6.10. The first kappa shape index (κ1) is 15.3. The number of aryl methyl sites for hydroxylation is 1. The summed E-state index contributed by atoms with van der Waals surface area (Å²) in [6, 6.07) is 17.5. The molecule has 1 aliphatic heterocycles. The van der Waals surface area contributed by atoms with Crippen molar-refractivity contribution >= 4 is 27.5 Å². The van der Waals surface area contributed by atoms with E-state index >= 15 is 0 Å². The van der Waals surface area contributed by atoms with Crippen LogP contribution in [0.1, 0.15) is 18.4 Å². The number of hydrogen-bond acceptors (Lipinski definition) is 3. The van der Waals surface area contributed by atoms with Gasteiger partial charge in [0, 0.05) is 41.9 Å². The van der Waals surface area contributed by atoms with E-state index in [1.807, 2.05) is 12.4 Å². The van der Waals surface area contributed by atoms with Crippen molar-refractivity contribution in [1.29, 1.82) is 0 Å². The minimum absolute atomic E-state index is 0.979. The molecule has 26 heavy (non-hydrogen) atoms. The molecule has 128 valence electrons. The molecule has 0 N–H and O–H groups in total. The van der Waals surface area contributed by atoms with Crippen LogP contribution in [0.2, 0.25) is 0 Å². The predicted octanol–water partition coefficient (Wildman–Crippen LogP) is 5.36. The number of rotatable bonds is 2. The molecule has 0 bridgehead atoms. The average molecular weight is 339 g/mol. The maximum absolute atomic E-state index is 4.65. The van der Waals surface area contributed by atoms with Crippen LogP contribution in [-0.4, -0.2) is 23.1 Å². The number of hydrogen-bond donors (Lipinski definition) is 0. The molecule has 4 aromatic rings. The molecule has 0 aliphatic carbocycles. The molecule has 0 spiro atoms. The fourth-order valence-electron chi connectivity index (χ4n) is 4.04.